The van der Waals surface area contributed by atoms with Crippen LogP contribution in [-0.2, 0) is 4.84 Å². The van der Waals surface area contributed by atoms with Gasteiger partial charge in [-0.2, -0.15) is 0 Å². The molecule has 1 fully saturated rings. The minimum atomic E-state index is -3.40. The summed E-state index contributed by atoms with van der Waals surface area (Å²) in [6.07, 6.45) is 1.61. The number of aromatic nitrogens is 1. The van der Waals surface area contributed by atoms with Crippen LogP contribution in [0.15, 0.2) is 59.6 Å². The molecule has 0 spiro atoms. The second-order valence-corrected chi connectivity index (χ2v) is 8.42. The Hall–Kier alpha value is -2.85. The van der Waals surface area contributed by atoms with E-state index in [2.05, 4.69) is 9.71 Å². The van der Waals surface area contributed by atoms with Gasteiger partial charge in [0.2, 0.25) is 0 Å². The minimum absolute atomic E-state index is 0.00758. The van der Waals surface area contributed by atoms with Crippen LogP contribution in [0.5, 0.6) is 5.75 Å². The molecule has 0 radical (unpaired) electrons. The number of benzene rings is 2. The summed E-state index contributed by atoms with van der Waals surface area (Å²) in [6.45, 7) is 2.39. The molecule has 1 atom stereocenters. The van der Waals surface area contributed by atoms with Crippen molar-refractivity contribution in [1.29, 1.82) is 0 Å². The quantitative estimate of drug-likeness (QED) is 0.575. The maximum atomic E-state index is 12.5. The highest BCUT2D eigenvalue weighted by Crippen LogP contribution is 2.50. The lowest BCUT2D eigenvalue weighted by Crippen LogP contribution is -2.49. The highest BCUT2D eigenvalue weighted by Gasteiger charge is 2.31. The average molecular weight is 415 g/mol. The molecule has 1 aliphatic heterocycles. The van der Waals surface area contributed by atoms with Crippen LogP contribution in [0.3, 0.4) is 0 Å². The van der Waals surface area contributed by atoms with Gasteiger partial charge in [-0.05, 0) is 31.2 Å². The topological polar surface area (TPSA) is 104 Å². The van der Waals surface area contributed by atoms with Gasteiger partial charge in [-0.1, -0.05) is 29.0 Å². The molecular formula is C20H21N3O5S. The zero-order valence-electron chi connectivity index (χ0n) is 15.9. The zero-order chi connectivity index (χ0) is 20.6. The Labute approximate surface area is 169 Å². The van der Waals surface area contributed by atoms with E-state index in [9.17, 15) is 13.9 Å². The summed E-state index contributed by atoms with van der Waals surface area (Å²) in [5.41, 5.74) is 1.22. The van der Waals surface area contributed by atoms with E-state index >= 15 is 0 Å². The number of amides is 1. The number of nitrogens with one attached hydrogen (secondary N) is 1. The molecule has 0 bridgehead atoms. The number of anilines is 1. The van der Waals surface area contributed by atoms with Crippen LogP contribution in [0.1, 0.15) is 17.3 Å². The zero-order valence-corrected chi connectivity index (χ0v) is 16.7. The predicted octanol–water partition coefficient (Wildman–Crippen LogP) is 4.16. The van der Waals surface area contributed by atoms with Crippen molar-refractivity contribution in [3.63, 3.8) is 0 Å². The predicted molar refractivity (Wildman–Crippen MR) is 111 cm³/mol. The van der Waals surface area contributed by atoms with E-state index < -0.39 is 10.8 Å². The first-order valence-electron chi connectivity index (χ1n) is 8.95. The molecule has 4 rings (SSSR count). The van der Waals surface area contributed by atoms with E-state index in [4.69, 9.17) is 9.57 Å². The van der Waals surface area contributed by atoms with E-state index in [0.717, 1.165) is 5.39 Å². The van der Waals surface area contributed by atoms with E-state index in [-0.39, 0.29) is 16.9 Å². The Balaban J connectivity index is 1.62. The molecule has 1 aliphatic rings. The van der Waals surface area contributed by atoms with Gasteiger partial charge < -0.3 is 4.74 Å². The summed E-state index contributed by atoms with van der Waals surface area (Å²) in [4.78, 5) is 22.4. The van der Waals surface area contributed by atoms with Gasteiger partial charge in [-0.25, -0.2) is 5.06 Å². The van der Waals surface area contributed by atoms with Crippen molar-refractivity contribution >= 4 is 33.3 Å². The first kappa shape index (κ1) is 19.5. The van der Waals surface area contributed by atoms with Crippen molar-refractivity contribution in [2.45, 2.75) is 17.9 Å². The average Bonchev–Trinajstić information content (AvgIpc) is 2.70. The molecule has 1 unspecified atom stereocenters. The fourth-order valence-electron chi connectivity index (χ4n) is 3.16. The molecule has 3 aromatic rings. The van der Waals surface area contributed by atoms with Crippen LogP contribution in [0.4, 0.5) is 5.69 Å². The standard InChI is InChI=1S/C20H21N3O5S/c1-13-12-23(28-13)20(24)16-9-8-15(11-17(16)27-2)22-29(25,26)18-7-3-5-14-6-4-10-21-19(14)18/h3-11,13,22,25-26H,12H2,1-2H3. The molecule has 152 valence electrons. The first-order valence-corrected chi connectivity index (χ1v) is 10.5. The Morgan fingerprint density at radius 3 is 2.76 bits per heavy atom. The third-order valence-corrected chi connectivity index (χ3v) is 6.01. The van der Waals surface area contributed by atoms with E-state index in [0.29, 0.717) is 29.1 Å². The van der Waals surface area contributed by atoms with Crippen LogP contribution < -0.4 is 9.46 Å². The van der Waals surface area contributed by atoms with Gasteiger partial charge in [0.25, 0.3) is 5.91 Å². The number of ether oxygens (including phenoxy) is 1. The van der Waals surface area contributed by atoms with Gasteiger partial charge in [0, 0.05) is 17.6 Å². The molecule has 3 N–H and O–H groups in total. The Morgan fingerprint density at radius 1 is 1.28 bits per heavy atom. The number of methoxy groups -OCH3 is 1. The number of hydrogen-bond donors (Lipinski definition) is 3. The largest absolute Gasteiger partial charge is 0.496 e. The maximum Gasteiger partial charge on any atom is 0.281 e. The third-order valence-electron chi connectivity index (χ3n) is 4.55. The van der Waals surface area contributed by atoms with Gasteiger partial charge in [-0.3, -0.25) is 28.4 Å². The maximum absolute atomic E-state index is 12.5. The fraction of sp³-hybridized carbons (Fsp3) is 0.200. The molecule has 1 saturated heterocycles. The number of carbonyl (C=O) groups excluding carboxylic acids is 1. The van der Waals surface area contributed by atoms with Crippen molar-refractivity contribution in [2.75, 3.05) is 18.4 Å². The van der Waals surface area contributed by atoms with E-state index in [1.165, 1.54) is 12.2 Å². The van der Waals surface area contributed by atoms with Gasteiger partial charge in [0.05, 0.1) is 30.4 Å². The van der Waals surface area contributed by atoms with Crippen molar-refractivity contribution in [3.05, 3.63) is 60.3 Å². The first-order chi connectivity index (χ1) is 13.9. The summed E-state index contributed by atoms with van der Waals surface area (Å²) >= 11 is 0. The highest BCUT2D eigenvalue weighted by molar-refractivity contribution is 8.25. The lowest BCUT2D eigenvalue weighted by Gasteiger charge is -2.36. The summed E-state index contributed by atoms with van der Waals surface area (Å²) in [7, 11) is -1.96. The molecule has 1 amide bonds. The van der Waals surface area contributed by atoms with Gasteiger partial charge in [0.1, 0.15) is 16.7 Å². The second kappa shape index (κ2) is 7.53. The number of hydroxylamine groups is 2. The van der Waals surface area contributed by atoms with Gasteiger partial charge in [-0.15, -0.1) is 0 Å². The number of fused-ring (bicyclic) bond motifs is 1. The molecule has 9 heteroatoms. The molecule has 0 aliphatic carbocycles. The Bertz CT molecular complexity index is 1060. The normalized spacial score (nSPS) is 17.0. The number of nitrogens with zero attached hydrogens (tertiary/aromatic N) is 2. The van der Waals surface area contributed by atoms with Crippen LogP contribution in [0.25, 0.3) is 10.9 Å². The number of carbonyl (C=O) groups is 1. The van der Waals surface area contributed by atoms with Crippen LogP contribution in [0.2, 0.25) is 0 Å². The summed E-state index contributed by atoms with van der Waals surface area (Å²) in [6, 6.07) is 13.5. The fourth-order valence-corrected chi connectivity index (χ4v) is 4.44. The third kappa shape index (κ3) is 3.73. The molecule has 2 heterocycles. The lowest BCUT2D eigenvalue weighted by atomic mass is 10.1. The number of para-hydroxylation sites is 1. The number of pyridine rings is 1. The molecule has 1 aromatic heterocycles. The van der Waals surface area contributed by atoms with Gasteiger partial charge in [0.15, 0.2) is 0 Å². The SMILES string of the molecule is COc1cc(NS(O)(O)c2cccc3cccnc23)ccc1C(=O)N1CC(C)O1. The molecule has 0 saturated carbocycles. The summed E-state index contributed by atoms with van der Waals surface area (Å²) in [5, 5.41) is 2.07. The molecular weight excluding hydrogens is 394 g/mol. The smallest absolute Gasteiger partial charge is 0.281 e. The van der Waals surface area contributed by atoms with Crippen molar-refractivity contribution < 1.29 is 23.5 Å². The second-order valence-electron chi connectivity index (χ2n) is 6.68. The highest BCUT2D eigenvalue weighted by atomic mass is 32.3. The number of rotatable bonds is 5. The van der Waals surface area contributed by atoms with Crippen molar-refractivity contribution in [1.82, 2.24) is 10.0 Å². The van der Waals surface area contributed by atoms with E-state index in [1.54, 1.807) is 42.6 Å². The molecule has 8 nitrogen and oxygen atoms in total. The Morgan fingerprint density at radius 2 is 2.03 bits per heavy atom. The monoisotopic (exact) mass is 415 g/mol. The van der Waals surface area contributed by atoms with E-state index in [1.807, 2.05) is 19.1 Å². The summed E-state index contributed by atoms with van der Waals surface area (Å²) < 4.78 is 29.7. The van der Waals surface area contributed by atoms with Crippen LogP contribution >= 0.6 is 10.8 Å². The lowest BCUT2D eigenvalue weighted by molar-refractivity contribution is -0.252. The van der Waals surface area contributed by atoms with Gasteiger partial charge >= 0.3 is 0 Å². The van der Waals surface area contributed by atoms with Crippen LogP contribution in [0, 0.1) is 0 Å². The summed E-state index contributed by atoms with van der Waals surface area (Å²) in [5.74, 6) is -0.00856. The van der Waals surface area contributed by atoms with Crippen LogP contribution in [-0.4, -0.2) is 44.8 Å². The van der Waals surface area contributed by atoms with Crippen molar-refractivity contribution in [2.24, 2.45) is 0 Å². The minimum Gasteiger partial charge on any atom is -0.496 e. The molecule has 29 heavy (non-hydrogen) atoms. The Kier molecular flexibility index (Phi) is 5.05. The number of hydrogen-bond acceptors (Lipinski definition) is 7. The molecule has 2 aromatic carbocycles. The van der Waals surface area contributed by atoms with Crippen molar-refractivity contribution in [3.8, 4) is 5.75 Å².